The van der Waals surface area contributed by atoms with E-state index in [-0.39, 0.29) is 16.9 Å². The highest BCUT2D eigenvalue weighted by atomic mass is 16.3. The Bertz CT molecular complexity index is 284. The van der Waals surface area contributed by atoms with E-state index in [1.165, 1.54) is 6.07 Å². The molecule has 0 amide bonds. The van der Waals surface area contributed by atoms with Gasteiger partial charge in [0, 0.05) is 5.56 Å². The topological polar surface area (TPSA) is 40.1 Å². The van der Waals surface area contributed by atoms with Crippen LogP contribution in [0.2, 0.25) is 0 Å². The molecule has 0 bridgehead atoms. The summed E-state index contributed by atoms with van der Waals surface area (Å²) in [4.78, 5) is 0. The molecule has 0 unspecified atom stereocenters. The van der Waals surface area contributed by atoms with E-state index in [9.17, 15) is 10.2 Å². The first-order valence-corrected chi connectivity index (χ1v) is 3.92. The van der Waals surface area contributed by atoms with Gasteiger partial charge in [0.2, 0.25) is 5.75 Å². The number of phenols is 1. The third-order valence-electron chi connectivity index (χ3n) is 1.81. The van der Waals surface area contributed by atoms with Crippen molar-refractivity contribution in [2.45, 2.75) is 26.2 Å². The van der Waals surface area contributed by atoms with Crippen LogP contribution in [-0.2, 0) is 10.5 Å². The number of phenolic OH excluding ortho intramolecular Hbond substituents is 1. The zero-order valence-corrected chi connectivity index (χ0v) is 7.59. The molecule has 0 fully saturated rings. The largest absolute Gasteiger partial charge is 0.504 e. The van der Waals surface area contributed by atoms with E-state index in [0.29, 0.717) is 5.56 Å². The Hall–Kier alpha value is -1.18. The maximum absolute atomic E-state index is 11.0. The summed E-state index contributed by atoms with van der Waals surface area (Å²) >= 11 is 0. The molecule has 1 radical (unpaired) electrons. The molecule has 0 aliphatic carbocycles. The van der Waals surface area contributed by atoms with Crippen LogP contribution in [-0.4, -0.2) is 5.11 Å². The number of hydrogen-bond donors (Lipinski definition) is 1. The Labute approximate surface area is 72.5 Å². The Kier molecular flexibility index (Phi) is 2.01. The molecule has 0 aromatic heterocycles. The number of hydrogen-bond acceptors (Lipinski definition) is 1. The van der Waals surface area contributed by atoms with Crippen molar-refractivity contribution in [2.24, 2.45) is 0 Å². The fourth-order valence-electron chi connectivity index (χ4n) is 1.13. The van der Waals surface area contributed by atoms with Crippen LogP contribution in [0.1, 0.15) is 26.3 Å². The standard InChI is InChI=1S/C10H13O2/c1-10(2,3)7-5-4-6-8(11)9(7)12/h4-6,12H,1-3H3. The van der Waals surface area contributed by atoms with Crippen molar-refractivity contribution >= 4 is 0 Å². The van der Waals surface area contributed by atoms with Crippen molar-refractivity contribution < 1.29 is 10.2 Å². The number of rotatable bonds is 0. The Morgan fingerprint density at radius 1 is 1.25 bits per heavy atom. The van der Waals surface area contributed by atoms with Crippen LogP contribution < -0.4 is 0 Å². The lowest BCUT2D eigenvalue weighted by molar-refractivity contribution is 0.319. The van der Waals surface area contributed by atoms with Crippen LogP contribution in [0.5, 0.6) is 11.5 Å². The van der Waals surface area contributed by atoms with Gasteiger partial charge < -0.3 is 5.11 Å². The average molecular weight is 165 g/mol. The van der Waals surface area contributed by atoms with Crippen LogP contribution in [0, 0.1) is 0 Å². The lowest BCUT2D eigenvalue weighted by Gasteiger charge is -2.19. The molecule has 0 atom stereocenters. The molecular formula is C10H13O2. The van der Waals surface area contributed by atoms with E-state index >= 15 is 0 Å². The minimum atomic E-state index is -0.303. The molecule has 0 saturated carbocycles. The van der Waals surface area contributed by atoms with Gasteiger partial charge >= 0.3 is 0 Å². The molecule has 65 valence electrons. The Morgan fingerprint density at radius 3 is 2.25 bits per heavy atom. The molecule has 0 spiro atoms. The smallest absolute Gasteiger partial charge is 0.220 e. The lowest BCUT2D eigenvalue weighted by atomic mass is 9.86. The molecule has 1 aromatic rings. The van der Waals surface area contributed by atoms with E-state index < -0.39 is 0 Å². The molecule has 0 saturated heterocycles. The molecule has 1 rings (SSSR count). The van der Waals surface area contributed by atoms with E-state index in [2.05, 4.69) is 0 Å². The van der Waals surface area contributed by atoms with Crippen molar-refractivity contribution in [1.29, 1.82) is 0 Å². The molecule has 0 heterocycles. The van der Waals surface area contributed by atoms with Gasteiger partial charge in [-0.3, -0.25) is 5.11 Å². The van der Waals surface area contributed by atoms with E-state index in [4.69, 9.17) is 0 Å². The van der Waals surface area contributed by atoms with Crippen molar-refractivity contribution in [1.82, 2.24) is 0 Å². The zero-order valence-electron chi connectivity index (χ0n) is 7.59. The zero-order chi connectivity index (χ0) is 9.35. The van der Waals surface area contributed by atoms with Gasteiger partial charge in [-0.05, 0) is 11.5 Å². The minimum absolute atomic E-state index is 0.120. The van der Waals surface area contributed by atoms with Crippen molar-refractivity contribution in [2.75, 3.05) is 0 Å². The predicted molar refractivity (Wildman–Crippen MR) is 46.9 cm³/mol. The van der Waals surface area contributed by atoms with Gasteiger partial charge in [-0.1, -0.05) is 32.9 Å². The third kappa shape index (κ3) is 1.52. The first-order valence-electron chi connectivity index (χ1n) is 3.92. The quantitative estimate of drug-likeness (QED) is 0.630. The highest BCUT2D eigenvalue weighted by Crippen LogP contribution is 2.36. The van der Waals surface area contributed by atoms with Crippen molar-refractivity contribution in [3.05, 3.63) is 23.8 Å². The highest BCUT2D eigenvalue weighted by molar-refractivity contribution is 5.47. The number of para-hydroxylation sites is 1. The van der Waals surface area contributed by atoms with Gasteiger partial charge in [0.05, 0.1) is 0 Å². The molecule has 12 heavy (non-hydrogen) atoms. The summed E-state index contributed by atoms with van der Waals surface area (Å²) in [7, 11) is 0. The van der Waals surface area contributed by atoms with Gasteiger partial charge in [-0.2, -0.15) is 0 Å². The van der Waals surface area contributed by atoms with Gasteiger partial charge in [-0.15, -0.1) is 0 Å². The van der Waals surface area contributed by atoms with Crippen LogP contribution in [0.25, 0.3) is 0 Å². The summed E-state index contributed by atoms with van der Waals surface area (Å²) < 4.78 is 0. The summed E-state index contributed by atoms with van der Waals surface area (Å²) in [6, 6.07) is 4.81. The molecule has 2 nitrogen and oxygen atoms in total. The summed E-state index contributed by atoms with van der Waals surface area (Å²) in [5.74, 6) is -0.424. The van der Waals surface area contributed by atoms with Crippen molar-refractivity contribution in [3.63, 3.8) is 0 Å². The fourth-order valence-corrected chi connectivity index (χ4v) is 1.13. The second-order valence-corrected chi connectivity index (χ2v) is 3.90. The maximum Gasteiger partial charge on any atom is 0.220 e. The van der Waals surface area contributed by atoms with E-state index in [1.54, 1.807) is 12.1 Å². The minimum Gasteiger partial charge on any atom is -0.504 e. The Morgan fingerprint density at radius 2 is 1.83 bits per heavy atom. The second-order valence-electron chi connectivity index (χ2n) is 3.90. The SMILES string of the molecule is CC(C)(C)c1cccc([O])c1O. The van der Waals surface area contributed by atoms with Gasteiger partial charge in [0.25, 0.3) is 0 Å². The Balaban J connectivity index is 3.26. The molecule has 0 aliphatic rings. The molecular weight excluding hydrogens is 152 g/mol. The lowest BCUT2D eigenvalue weighted by Crippen LogP contribution is -2.10. The van der Waals surface area contributed by atoms with Crippen LogP contribution >= 0.6 is 0 Å². The normalized spacial score (nSPS) is 11.6. The molecule has 0 aliphatic heterocycles. The number of benzene rings is 1. The third-order valence-corrected chi connectivity index (χ3v) is 1.81. The van der Waals surface area contributed by atoms with Crippen molar-refractivity contribution in [3.8, 4) is 11.5 Å². The van der Waals surface area contributed by atoms with Gasteiger partial charge in [0.15, 0.2) is 5.75 Å². The van der Waals surface area contributed by atoms with E-state index in [0.717, 1.165) is 0 Å². The van der Waals surface area contributed by atoms with E-state index in [1.807, 2.05) is 20.8 Å². The summed E-state index contributed by atoms with van der Waals surface area (Å²) in [6.07, 6.45) is 0. The summed E-state index contributed by atoms with van der Waals surface area (Å²) in [5, 5.41) is 20.5. The van der Waals surface area contributed by atoms with Gasteiger partial charge in [-0.25, -0.2) is 0 Å². The molecule has 1 N–H and O–H groups in total. The highest BCUT2D eigenvalue weighted by Gasteiger charge is 2.19. The summed E-state index contributed by atoms with van der Waals surface area (Å²) in [6.45, 7) is 5.88. The monoisotopic (exact) mass is 165 g/mol. The van der Waals surface area contributed by atoms with Crippen LogP contribution in [0.4, 0.5) is 0 Å². The maximum atomic E-state index is 11.0. The number of aromatic hydroxyl groups is 1. The van der Waals surface area contributed by atoms with Gasteiger partial charge in [0.1, 0.15) is 0 Å². The van der Waals surface area contributed by atoms with Crippen LogP contribution in [0.15, 0.2) is 18.2 Å². The second kappa shape index (κ2) is 2.70. The first-order chi connectivity index (χ1) is 5.43. The molecule has 2 heteroatoms. The fraction of sp³-hybridized carbons (Fsp3) is 0.400. The molecule has 1 aromatic carbocycles. The predicted octanol–water partition coefficient (Wildman–Crippen LogP) is 2.83. The average Bonchev–Trinajstić information content (AvgIpc) is 1.92. The van der Waals surface area contributed by atoms with Crippen LogP contribution in [0.3, 0.4) is 0 Å². The summed E-state index contributed by atoms with van der Waals surface area (Å²) in [5.41, 5.74) is 0.528. The first kappa shape index (κ1) is 8.91.